The number of rotatable bonds is 5. The molecule has 0 saturated heterocycles. The second-order valence-electron chi connectivity index (χ2n) is 4.22. The lowest BCUT2D eigenvalue weighted by molar-refractivity contribution is -0.128. The fraction of sp³-hybridized carbons (Fsp3) is 0.462. The Bertz CT molecular complexity index is 364. The first-order chi connectivity index (χ1) is 8.00. The molecule has 0 fully saturated rings. The first-order valence-electron chi connectivity index (χ1n) is 5.58. The average Bonchev–Trinajstić information content (AvgIpc) is 2.30. The van der Waals surface area contributed by atoms with Gasteiger partial charge in [0, 0.05) is 18.8 Å². The summed E-state index contributed by atoms with van der Waals surface area (Å²) in [6.45, 7) is 3.98. The summed E-state index contributed by atoms with van der Waals surface area (Å²) in [5, 5.41) is 0. The monoisotopic (exact) mass is 255 g/mol. The molecule has 0 spiro atoms. The second-order valence-corrected chi connectivity index (χ2v) is 5.20. The molecule has 0 atom stereocenters. The van der Waals surface area contributed by atoms with Crippen LogP contribution in [0.15, 0.2) is 24.3 Å². The standard InChI is InChI=1S/C13H18FNOS/c1-10(2)15(3)13(16)9-17-8-11-4-6-12(14)7-5-11/h4-7,10H,8-9H2,1-3H3. The van der Waals surface area contributed by atoms with E-state index in [-0.39, 0.29) is 17.8 Å². The Morgan fingerprint density at radius 3 is 2.47 bits per heavy atom. The van der Waals surface area contributed by atoms with E-state index < -0.39 is 0 Å². The summed E-state index contributed by atoms with van der Waals surface area (Å²) in [4.78, 5) is 13.4. The Hall–Kier alpha value is -1.03. The molecule has 0 aromatic heterocycles. The third-order valence-electron chi connectivity index (χ3n) is 2.58. The SMILES string of the molecule is CC(C)N(C)C(=O)CSCc1ccc(F)cc1. The van der Waals surface area contributed by atoms with Crippen molar-refractivity contribution >= 4 is 17.7 Å². The molecule has 0 aliphatic rings. The summed E-state index contributed by atoms with van der Waals surface area (Å²) in [6.07, 6.45) is 0. The van der Waals surface area contributed by atoms with Gasteiger partial charge in [0.2, 0.25) is 5.91 Å². The minimum Gasteiger partial charge on any atom is -0.343 e. The Morgan fingerprint density at radius 2 is 1.94 bits per heavy atom. The summed E-state index contributed by atoms with van der Waals surface area (Å²) in [5.74, 6) is 1.10. The van der Waals surface area contributed by atoms with Crippen molar-refractivity contribution < 1.29 is 9.18 Å². The third-order valence-corrected chi connectivity index (χ3v) is 3.56. The number of carbonyl (C=O) groups is 1. The maximum absolute atomic E-state index is 12.7. The van der Waals surface area contributed by atoms with Crippen molar-refractivity contribution in [2.45, 2.75) is 25.6 Å². The molecule has 0 aliphatic heterocycles. The number of carbonyl (C=O) groups excluding carboxylic acids is 1. The van der Waals surface area contributed by atoms with Crippen LogP contribution in [0.4, 0.5) is 4.39 Å². The summed E-state index contributed by atoms with van der Waals surface area (Å²) < 4.78 is 12.7. The number of nitrogens with zero attached hydrogens (tertiary/aromatic N) is 1. The molecule has 1 amide bonds. The summed E-state index contributed by atoms with van der Waals surface area (Å²) in [6, 6.07) is 6.61. The highest BCUT2D eigenvalue weighted by atomic mass is 32.2. The van der Waals surface area contributed by atoms with Gasteiger partial charge in [-0.3, -0.25) is 4.79 Å². The molecule has 0 N–H and O–H groups in total. The molecule has 1 aromatic carbocycles. The molecule has 0 unspecified atom stereocenters. The van der Waals surface area contributed by atoms with E-state index in [1.165, 1.54) is 12.1 Å². The van der Waals surface area contributed by atoms with Gasteiger partial charge in [0.25, 0.3) is 0 Å². The zero-order chi connectivity index (χ0) is 12.8. The molecule has 0 saturated carbocycles. The average molecular weight is 255 g/mol. The maximum atomic E-state index is 12.7. The molecule has 17 heavy (non-hydrogen) atoms. The van der Waals surface area contributed by atoms with Gasteiger partial charge >= 0.3 is 0 Å². The van der Waals surface area contributed by atoms with Crippen LogP contribution in [-0.2, 0) is 10.5 Å². The Balaban J connectivity index is 2.33. The van der Waals surface area contributed by atoms with Gasteiger partial charge in [-0.15, -0.1) is 11.8 Å². The van der Waals surface area contributed by atoms with E-state index in [0.717, 1.165) is 11.3 Å². The van der Waals surface area contributed by atoms with Gasteiger partial charge in [0.1, 0.15) is 5.82 Å². The van der Waals surface area contributed by atoms with Crippen LogP contribution in [0.3, 0.4) is 0 Å². The van der Waals surface area contributed by atoms with Crippen molar-refractivity contribution in [3.8, 4) is 0 Å². The second kappa shape index (κ2) is 6.64. The van der Waals surface area contributed by atoms with Crippen molar-refractivity contribution in [1.29, 1.82) is 0 Å². The zero-order valence-electron chi connectivity index (χ0n) is 10.4. The van der Waals surface area contributed by atoms with Crippen LogP contribution in [-0.4, -0.2) is 29.6 Å². The molecular weight excluding hydrogens is 237 g/mol. The molecule has 1 rings (SSSR count). The first-order valence-corrected chi connectivity index (χ1v) is 6.74. The van der Waals surface area contributed by atoms with Crippen molar-refractivity contribution in [1.82, 2.24) is 4.90 Å². The van der Waals surface area contributed by atoms with Crippen LogP contribution in [0.25, 0.3) is 0 Å². The van der Waals surface area contributed by atoms with Crippen LogP contribution in [0.1, 0.15) is 19.4 Å². The Kier molecular flexibility index (Phi) is 5.48. The van der Waals surface area contributed by atoms with Crippen LogP contribution in [0, 0.1) is 5.82 Å². The molecule has 0 radical (unpaired) electrons. The van der Waals surface area contributed by atoms with Crippen molar-refractivity contribution in [2.75, 3.05) is 12.8 Å². The fourth-order valence-corrected chi connectivity index (χ4v) is 2.14. The largest absolute Gasteiger partial charge is 0.343 e. The van der Waals surface area contributed by atoms with Crippen molar-refractivity contribution in [3.05, 3.63) is 35.6 Å². The highest BCUT2D eigenvalue weighted by Gasteiger charge is 2.11. The summed E-state index contributed by atoms with van der Waals surface area (Å²) in [5.41, 5.74) is 1.04. The van der Waals surface area contributed by atoms with E-state index in [1.54, 1.807) is 28.8 Å². The zero-order valence-corrected chi connectivity index (χ0v) is 11.3. The topological polar surface area (TPSA) is 20.3 Å². The molecular formula is C13H18FNOS. The van der Waals surface area contributed by atoms with E-state index in [4.69, 9.17) is 0 Å². The van der Waals surface area contributed by atoms with E-state index in [2.05, 4.69) is 0 Å². The van der Waals surface area contributed by atoms with Crippen LogP contribution in [0.5, 0.6) is 0 Å². The van der Waals surface area contributed by atoms with Gasteiger partial charge in [0.05, 0.1) is 5.75 Å². The fourth-order valence-electron chi connectivity index (χ4n) is 1.23. The molecule has 0 aliphatic carbocycles. The molecule has 0 bridgehead atoms. The smallest absolute Gasteiger partial charge is 0.232 e. The quantitative estimate of drug-likeness (QED) is 0.806. The molecule has 94 valence electrons. The van der Waals surface area contributed by atoms with E-state index >= 15 is 0 Å². The van der Waals surface area contributed by atoms with Gasteiger partial charge in [-0.25, -0.2) is 4.39 Å². The number of thioether (sulfide) groups is 1. The summed E-state index contributed by atoms with van der Waals surface area (Å²) in [7, 11) is 1.81. The highest BCUT2D eigenvalue weighted by Crippen LogP contribution is 2.13. The van der Waals surface area contributed by atoms with Gasteiger partial charge in [0.15, 0.2) is 0 Å². The van der Waals surface area contributed by atoms with Gasteiger partial charge in [-0.2, -0.15) is 0 Å². The lowest BCUT2D eigenvalue weighted by atomic mass is 10.2. The minimum atomic E-state index is -0.227. The molecule has 1 aromatic rings. The number of halogens is 1. The van der Waals surface area contributed by atoms with Crippen LogP contribution >= 0.6 is 11.8 Å². The van der Waals surface area contributed by atoms with Crippen LogP contribution in [0.2, 0.25) is 0 Å². The van der Waals surface area contributed by atoms with Gasteiger partial charge < -0.3 is 4.90 Å². The first kappa shape index (κ1) is 14.0. The third kappa shape index (κ3) is 4.77. The van der Waals surface area contributed by atoms with E-state index in [0.29, 0.717) is 5.75 Å². The highest BCUT2D eigenvalue weighted by molar-refractivity contribution is 7.99. The molecule has 4 heteroatoms. The lowest BCUT2D eigenvalue weighted by Gasteiger charge is -2.21. The molecule has 0 heterocycles. The Morgan fingerprint density at radius 1 is 1.35 bits per heavy atom. The maximum Gasteiger partial charge on any atom is 0.232 e. The number of benzene rings is 1. The predicted octanol–water partition coefficient (Wildman–Crippen LogP) is 2.93. The van der Waals surface area contributed by atoms with E-state index in [9.17, 15) is 9.18 Å². The van der Waals surface area contributed by atoms with E-state index in [1.807, 2.05) is 20.9 Å². The van der Waals surface area contributed by atoms with Gasteiger partial charge in [-0.05, 0) is 31.5 Å². The summed E-state index contributed by atoms with van der Waals surface area (Å²) >= 11 is 1.55. The predicted molar refractivity (Wildman–Crippen MR) is 70.5 cm³/mol. The number of hydrogen-bond donors (Lipinski definition) is 0. The van der Waals surface area contributed by atoms with Crippen molar-refractivity contribution in [2.24, 2.45) is 0 Å². The van der Waals surface area contributed by atoms with Crippen LogP contribution < -0.4 is 0 Å². The van der Waals surface area contributed by atoms with Crippen molar-refractivity contribution in [3.63, 3.8) is 0 Å². The number of hydrogen-bond acceptors (Lipinski definition) is 2. The minimum absolute atomic E-state index is 0.132. The normalized spacial score (nSPS) is 10.6. The Labute approximate surface area is 106 Å². The number of amides is 1. The molecule has 2 nitrogen and oxygen atoms in total. The lowest BCUT2D eigenvalue weighted by Crippen LogP contribution is -2.34. The van der Waals surface area contributed by atoms with Gasteiger partial charge in [-0.1, -0.05) is 12.1 Å².